The van der Waals surface area contributed by atoms with Crippen molar-refractivity contribution in [1.29, 1.82) is 0 Å². The number of likely N-dealkylation sites (tertiary alicyclic amines) is 1. The van der Waals surface area contributed by atoms with Crippen molar-refractivity contribution >= 4 is 27.5 Å². The van der Waals surface area contributed by atoms with Gasteiger partial charge in [0.2, 0.25) is 0 Å². The predicted molar refractivity (Wildman–Crippen MR) is 75.4 cm³/mol. The number of aromatic nitrogens is 1. The van der Waals surface area contributed by atoms with E-state index in [0.717, 1.165) is 23.1 Å². The minimum atomic E-state index is -0.668. The Labute approximate surface area is 115 Å². The summed E-state index contributed by atoms with van der Waals surface area (Å²) in [7, 11) is 0. The average Bonchev–Trinajstić information content (AvgIpc) is 2.82. The zero-order valence-electron chi connectivity index (χ0n) is 10.8. The molecule has 0 radical (unpaired) electrons. The lowest BCUT2D eigenvalue weighted by Crippen LogP contribution is -2.63. The summed E-state index contributed by atoms with van der Waals surface area (Å²) in [6, 6.07) is 5.56. The van der Waals surface area contributed by atoms with E-state index in [1.807, 2.05) is 25.1 Å². The third-order valence-electron chi connectivity index (χ3n) is 3.55. The van der Waals surface area contributed by atoms with Gasteiger partial charge in [-0.25, -0.2) is 4.98 Å². The second-order valence-electron chi connectivity index (χ2n) is 5.17. The summed E-state index contributed by atoms with van der Waals surface area (Å²) in [5.41, 5.74) is 2.71. The number of carbonyl (C=O) groups excluding carboxylic acids is 1. The SMILES string of the molecule is CCCC1(O)CN(C(=O)c2ccc3ncsc3c2)C1. The lowest BCUT2D eigenvalue weighted by Gasteiger charge is -2.46. The molecule has 1 aliphatic heterocycles. The third kappa shape index (κ3) is 2.24. The van der Waals surface area contributed by atoms with E-state index in [1.165, 1.54) is 11.3 Å². The lowest BCUT2D eigenvalue weighted by molar-refractivity contribution is -0.0860. The number of hydrogen-bond donors (Lipinski definition) is 1. The van der Waals surface area contributed by atoms with Crippen molar-refractivity contribution in [2.24, 2.45) is 0 Å². The molecule has 1 N–H and O–H groups in total. The van der Waals surface area contributed by atoms with Crippen molar-refractivity contribution in [3.05, 3.63) is 29.3 Å². The van der Waals surface area contributed by atoms with Gasteiger partial charge >= 0.3 is 0 Å². The standard InChI is InChI=1S/C14H16N2O2S/c1-2-5-14(18)7-16(8-14)13(17)10-3-4-11-12(6-10)19-9-15-11/h3-4,6,9,18H,2,5,7-8H2,1H3. The van der Waals surface area contributed by atoms with Gasteiger partial charge in [-0.15, -0.1) is 11.3 Å². The van der Waals surface area contributed by atoms with Crippen molar-refractivity contribution < 1.29 is 9.90 Å². The maximum atomic E-state index is 12.3. The first-order chi connectivity index (χ1) is 9.11. The molecule has 4 nitrogen and oxygen atoms in total. The van der Waals surface area contributed by atoms with Gasteiger partial charge in [0.05, 0.1) is 34.4 Å². The molecule has 0 saturated carbocycles. The number of amides is 1. The van der Waals surface area contributed by atoms with Gasteiger partial charge < -0.3 is 10.0 Å². The van der Waals surface area contributed by atoms with E-state index in [9.17, 15) is 9.90 Å². The molecule has 1 fully saturated rings. The Hall–Kier alpha value is -1.46. The Morgan fingerprint density at radius 2 is 2.32 bits per heavy atom. The lowest BCUT2D eigenvalue weighted by atomic mass is 9.89. The average molecular weight is 276 g/mol. The van der Waals surface area contributed by atoms with Crippen molar-refractivity contribution in [2.45, 2.75) is 25.4 Å². The fraction of sp³-hybridized carbons (Fsp3) is 0.429. The van der Waals surface area contributed by atoms with E-state index in [1.54, 1.807) is 10.4 Å². The fourth-order valence-electron chi connectivity index (χ4n) is 2.60. The maximum Gasteiger partial charge on any atom is 0.254 e. The molecule has 2 aromatic rings. The molecule has 2 heterocycles. The van der Waals surface area contributed by atoms with Crippen LogP contribution in [0.25, 0.3) is 10.2 Å². The van der Waals surface area contributed by atoms with E-state index >= 15 is 0 Å². The molecule has 1 amide bonds. The van der Waals surface area contributed by atoms with Gasteiger partial charge in [-0.3, -0.25) is 4.79 Å². The molecule has 0 spiro atoms. The van der Waals surface area contributed by atoms with Crippen LogP contribution in [0.5, 0.6) is 0 Å². The Morgan fingerprint density at radius 1 is 1.53 bits per heavy atom. The molecule has 1 aromatic heterocycles. The number of thiazole rings is 1. The summed E-state index contributed by atoms with van der Waals surface area (Å²) in [5, 5.41) is 10.1. The van der Waals surface area contributed by atoms with Gasteiger partial charge in [-0.05, 0) is 24.6 Å². The first kappa shape index (κ1) is 12.6. The normalized spacial score (nSPS) is 17.5. The largest absolute Gasteiger partial charge is 0.386 e. The highest BCUT2D eigenvalue weighted by molar-refractivity contribution is 7.16. The topological polar surface area (TPSA) is 53.4 Å². The van der Waals surface area contributed by atoms with Gasteiger partial charge in [-0.1, -0.05) is 13.3 Å². The Morgan fingerprint density at radius 3 is 3.05 bits per heavy atom. The highest BCUT2D eigenvalue weighted by atomic mass is 32.1. The molecular formula is C14H16N2O2S. The smallest absolute Gasteiger partial charge is 0.254 e. The molecule has 1 saturated heterocycles. The molecule has 0 bridgehead atoms. The molecule has 0 aliphatic carbocycles. The highest BCUT2D eigenvalue weighted by Gasteiger charge is 2.42. The van der Waals surface area contributed by atoms with Crippen molar-refractivity contribution in [3.8, 4) is 0 Å². The van der Waals surface area contributed by atoms with E-state index in [0.29, 0.717) is 18.7 Å². The van der Waals surface area contributed by atoms with Crippen molar-refractivity contribution in [2.75, 3.05) is 13.1 Å². The number of carbonyl (C=O) groups is 1. The van der Waals surface area contributed by atoms with Crippen LogP contribution in [0.2, 0.25) is 0 Å². The fourth-order valence-corrected chi connectivity index (χ4v) is 3.32. The number of rotatable bonds is 3. The predicted octanol–water partition coefficient (Wildman–Crippen LogP) is 2.28. The zero-order valence-corrected chi connectivity index (χ0v) is 11.6. The summed E-state index contributed by atoms with van der Waals surface area (Å²) in [6.07, 6.45) is 1.69. The van der Waals surface area contributed by atoms with Crippen molar-refractivity contribution in [1.82, 2.24) is 9.88 Å². The zero-order chi connectivity index (χ0) is 13.5. The van der Waals surface area contributed by atoms with E-state index < -0.39 is 5.60 Å². The van der Waals surface area contributed by atoms with Crippen LogP contribution < -0.4 is 0 Å². The number of benzene rings is 1. The minimum absolute atomic E-state index is 0.00363. The first-order valence-corrected chi connectivity index (χ1v) is 7.34. The number of fused-ring (bicyclic) bond motifs is 1. The summed E-state index contributed by atoms with van der Waals surface area (Å²) in [6.45, 7) is 2.93. The summed E-state index contributed by atoms with van der Waals surface area (Å²) in [4.78, 5) is 18.2. The minimum Gasteiger partial charge on any atom is -0.386 e. The van der Waals surface area contributed by atoms with Crippen LogP contribution in [0.15, 0.2) is 23.7 Å². The monoisotopic (exact) mass is 276 g/mol. The summed E-state index contributed by atoms with van der Waals surface area (Å²) >= 11 is 1.53. The third-order valence-corrected chi connectivity index (χ3v) is 4.34. The second kappa shape index (κ2) is 4.58. The molecule has 1 aliphatic rings. The quantitative estimate of drug-likeness (QED) is 0.935. The van der Waals surface area contributed by atoms with Crippen molar-refractivity contribution in [3.63, 3.8) is 0 Å². The molecule has 0 atom stereocenters. The van der Waals surface area contributed by atoms with Crippen LogP contribution in [0, 0.1) is 0 Å². The van der Waals surface area contributed by atoms with Crippen LogP contribution in [0.4, 0.5) is 0 Å². The molecule has 19 heavy (non-hydrogen) atoms. The Kier molecular flexibility index (Phi) is 3.03. The van der Waals surface area contributed by atoms with E-state index in [-0.39, 0.29) is 5.91 Å². The van der Waals surface area contributed by atoms with Crippen LogP contribution in [0.3, 0.4) is 0 Å². The first-order valence-electron chi connectivity index (χ1n) is 6.46. The van der Waals surface area contributed by atoms with Gasteiger partial charge in [0.15, 0.2) is 0 Å². The van der Waals surface area contributed by atoms with Gasteiger partial charge in [0.25, 0.3) is 5.91 Å². The summed E-state index contributed by atoms with van der Waals surface area (Å²) in [5.74, 6) is -0.00363. The Balaban J connectivity index is 1.74. The van der Waals surface area contributed by atoms with Crippen LogP contribution >= 0.6 is 11.3 Å². The molecule has 100 valence electrons. The van der Waals surface area contributed by atoms with Gasteiger partial charge in [-0.2, -0.15) is 0 Å². The molecule has 3 rings (SSSR count). The van der Waals surface area contributed by atoms with E-state index in [4.69, 9.17) is 0 Å². The van der Waals surface area contributed by atoms with E-state index in [2.05, 4.69) is 4.98 Å². The highest BCUT2D eigenvalue weighted by Crippen LogP contribution is 2.28. The van der Waals surface area contributed by atoms with Gasteiger partial charge in [0.1, 0.15) is 0 Å². The van der Waals surface area contributed by atoms with Gasteiger partial charge in [0, 0.05) is 5.56 Å². The second-order valence-corrected chi connectivity index (χ2v) is 6.06. The molecule has 0 unspecified atom stereocenters. The molecular weight excluding hydrogens is 260 g/mol. The van der Waals surface area contributed by atoms with Crippen LogP contribution in [-0.2, 0) is 0 Å². The number of hydrogen-bond acceptors (Lipinski definition) is 4. The number of β-amino-alcohol motifs (C(OH)–C–C–N with tert-alkyl or cyclic N) is 1. The number of aliphatic hydroxyl groups is 1. The van der Waals surface area contributed by atoms with Crippen LogP contribution in [0.1, 0.15) is 30.1 Å². The maximum absolute atomic E-state index is 12.3. The van der Waals surface area contributed by atoms with Crippen LogP contribution in [-0.4, -0.2) is 39.6 Å². The molecule has 5 heteroatoms. The summed E-state index contributed by atoms with van der Waals surface area (Å²) < 4.78 is 1.02. The Bertz CT molecular complexity index is 617. The molecule has 1 aromatic carbocycles. The number of nitrogens with zero attached hydrogens (tertiary/aromatic N) is 2.